The Bertz CT molecular complexity index is 5110. The molecule has 3 aliphatic carbocycles. The van der Waals surface area contributed by atoms with E-state index in [1.807, 2.05) is 6.08 Å². The van der Waals surface area contributed by atoms with Crippen molar-refractivity contribution in [2.45, 2.75) is 64.7 Å². The number of rotatable bonds is 10. The molecule has 89 heavy (non-hydrogen) atoms. The van der Waals surface area contributed by atoms with Gasteiger partial charge < -0.3 is 9.32 Å². The first-order chi connectivity index (χ1) is 43.2. The molecule has 2 heteroatoms. The molecule has 0 bridgehead atoms. The van der Waals surface area contributed by atoms with Crippen LogP contribution in [0.3, 0.4) is 0 Å². The van der Waals surface area contributed by atoms with E-state index in [4.69, 9.17) is 4.42 Å². The average Bonchev–Trinajstić information content (AvgIpc) is 1.51. The van der Waals surface area contributed by atoms with E-state index in [0.717, 1.165) is 39.1 Å². The van der Waals surface area contributed by atoms with Gasteiger partial charge in [0.15, 0.2) is 0 Å². The van der Waals surface area contributed by atoms with Crippen molar-refractivity contribution in [3.8, 4) is 100 Å². The van der Waals surface area contributed by atoms with E-state index < -0.39 is 0 Å². The van der Waals surface area contributed by atoms with Gasteiger partial charge in [-0.15, -0.1) is 0 Å². The normalized spacial score (nSPS) is 14.6. The SMILES string of the molecule is C=C/C(=C(\C)N(C)c1ccc2c(c1)C(C)(C)c1c3c(c4oc5ccccc5c4c1-2)-c1ccc(-c2ccc(-c4ccc5c(c4)C(C)(C)c4cc(-c6cc(-c7ccccc7)cc(-c7cccc(-c8ccccc8)c7)c6)ccc4-5)cc2)cc1C3(C)C)c1ccccc1. The molecule has 12 aromatic carbocycles. The monoisotopic (exact) mass is 1140 g/mol. The Labute approximate surface area is 523 Å². The summed E-state index contributed by atoms with van der Waals surface area (Å²) in [6.07, 6.45) is 1.98. The Hall–Kier alpha value is -10.3. The van der Waals surface area contributed by atoms with Crippen LogP contribution < -0.4 is 4.90 Å². The molecule has 1 aromatic heterocycles. The van der Waals surface area contributed by atoms with Crippen molar-refractivity contribution >= 4 is 33.2 Å². The summed E-state index contributed by atoms with van der Waals surface area (Å²) >= 11 is 0. The molecule has 2 nitrogen and oxygen atoms in total. The van der Waals surface area contributed by atoms with Crippen molar-refractivity contribution in [1.29, 1.82) is 0 Å². The molecule has 0 saturated heterocycles. The summed E-state index contributed by atoms with van der Waals surface area (Å²) in [5, 5.41) is 2.37. The molecular formula is C87H69NO. The molecule has 3 aliphatic rings. The standard InChI is InChI=1S/C87H69NO/c1-10-68(58-27-18-13-19-28-58)53(2)88(9)67-40-44-71-77(52-67)87(7,8)82-79(71)80-73-31-20-21-32-78(73)89-84(80)81-72-43-39-62(50-76(72)86(5,6)83(81)82)57-35-33-56(34-36-57)61-37-41-69-70-42-38-63(51-75(70)85(3,4)74(69)49-61)66-47-64(55-25-16-12-17-26-55)46-65(48-66)60-30-22-29-59(45-60)54-23-14-11-15-24-54/h10-52H,1H2,2-9H3/b68-53-. The van der Waals surface area contributed by atoms with Crippen LogP contribution in [0.4, 0.5) is 5.69 Å². The smallest absolute Gasteiger partial charge is 0.144 e. The zero-order valence-corrected chi connectivity index (χ0v) is 51.9. The lowest BCUT2D eigenvalue weighted by Gasteiger charge is -2.31. The fraction of sp³-hybridized carbons (Fsp3) is 0.126. The average molecular weight is 1140 g/mol. The maximum absolute atomic E-state index is 7.11. The number of furan rings is 1. The molecule has 0 fully saturated rings. The van der Waals surface area contributed by atoms with Crippen LogP contribution in [0.2, 0.25) is 0 Å². The van der Waals surface area contributed by atoms with Crippen LogP contribution in [0.5, 0.6) is 0 Å². The largest absolute Gasteiger partial charge is 0.455 e. The highest BCUT2D eigenvalue weighted by Crippen LogP contribution is 2.64. The van der Waals surface area contributed by atoms with Crippen molar-refractivity contribution in [3.05, 3.63) is 312 Å². The molecule has 0 unspecified atom stereocenters. The minimum Gasteiger partial charge on any atom is -0.455 e. The molecule has 16 rings (SSSR count). The summed E-state index contributed by atoms with van der Waals surface area (Å²) < 4.78 is 7.11. The number of allylic oxidation sites excluding steroid dienone is 3. The van der Waals surface area contributed by atoms with Crippen LogP contribution in [0.25, 0.3) is 128 Å². The van der Waals surface area contributed by atoms with Gasteiger partial charge in [0.05, 0.1) is 0 Å². The molecule has 0 aliphatic heterocycles. The predicted octanol–water partition coefficient (Wildman–Crippen LogP) is 23.6. The number of nitrogens with zero attached hydrogens (tertiary/aromatic N) is 1. The number of anilines is 1. The summed E-state index contributed by atoms with van der Waals surface area (Å²) in [6, 6.07) is 94.6. The third-order valence-electron chi connectivity index (χ3n) is 20.5. The first-order valence-electron chi connectivity index (χ1n) is 31.4. The molecule has 13 aromatic rings. The van der Waals surface area contributed by atoms with Gasteiger partial charge in [0.1, 0.15) is 11.2 Å². The Morgan fingerprint density at radius 2 is 0.764 bits per heavy atom. The second-order valence-corrected chi connectivity index (χ2v) is 26.5. The van der Waals surface area contributed by atoms with E-state index in [2.05, 4.69) is 322 Å². The lowest BCUT2D eigenvalue weighted by molar-refractivity contribution is 0.600. The summed E-state index contributed by atoms with van der Waals surface area (Å²) in [6.45, 7) is 21.0. The van der Waals surface area contributed by atoms with E-state index in [-0.39, 0.29) is 16.2 Å². The third-order valence-corrected chi connectivity index (χ3v) is 20.5. The van der Waals surface area contributed by atoms with Gasteiger partial charge >= 0.3 is 0 Å². The molecule has 0 saturated carbocycles. The maximum Gasteiger partial charge on any atom is 0.144 e. The molecule has 0 spiro atoms. The topological polar surface area (TPSA) is 16.4 Å². The number of hydrogen-bond donors (Lipinski definition) is 0. The van der Waals surface area contributed by atoms with Gasteiger partial charge in [-0.25, -0.2) is 0 Å². The lowest BCUT2D eigenvalue weighted by atomic mass is 9.72. The van der Waals surface area contributed by atoms with Crippen molar-refractivity contribution < 1.29 is 4.42 Å². The Morgan fingerprint density at radius 3 is 1.35 bits per heavy atom. The van der Waals surface area contributed by atoms with Gasteiger partial charge in [-0.3, -0.25) is 0 Å². The van der Waals surface area contributed by atoms with E-state index >= 15 is 0 Å². The fourth-order valence-electron chi connectivity index (χ4n) is 15.6. The number of benzene rings is 12. The first kappa shape index (κ1) is 54.1. The van der Waals surface area contributed by atoms with E-state index in [1.165, 1.54) is 139 Å². The van der Waals surface area contributed by atoms with Gasteiger partial charge in [-0.1, -0.05) is 248 Å². The van der Waals surface area contributed by atoms with Gasteiger partial charge in [-0.05, 0) is 201 Å². The molecular weight excluding hydrogens is 1070 g/mol. The van der Waals surface area contributed by atoms with Crippen LogP contribution in [0, 0.1) is 0 Å². The predicted molar refractivity (Wildman–Crippen MR) is 377 cm³/mol. The number of fused-ring (bicyclic) bond motifs is 15. The number of para-hydroxylation sites is 1. The van der Waals surface area contributed by atoms with Crippen LogP contribution in [0.15, 0.2) is 278 Å². The molecule has 0 atom stereocenters. The van der Waals surface area contributed by atoms with Crippen molar-refractivity contribution in [3.63, 3.8) is 0 Å². The minimum absolute atomic E-state index is 0.212. The van der Waals surface area contributed by atoms with Crippen molar-refractivity contribution in [1.82, 2.24) is 0 Å². The quantitative estimate of drug-likeness (QED) is 0.127. The number of hydrogen-bond acceptors (Lipinski definition) is 2. The van der Waals surface area contributed by atoms with Gasteiger partial charge in [0.25, 0.3) is 0 Å². The zero-order valence-electron chi connectivity index (χ0n) is 51.9. The summed E-state index contributed by atoms with van der Waals surface area (Å²) in [5.74, 6) is 0. The first-order valence-corrected chi connectivity index (χ1v) is 31.4. The van der Waals surface area contributed by atoms with Gasteiger partial charge in [-0.2, -0.15) is 0 Å². The lowest BCUT2D eigenvalue weighted by Crippen LogP contribution is -2.24. The zero-order chi connectivity index (χ0) is 60.7. The molecule has 0 amide bonds. The fourth-order valence-corrected chi connectivity index (χ4v) is 15.6. The van der Waals surface area contributed by atoms with Crippen molar-refractivity contribution in [2.75, 3.05) is 11.9 Å². The minimum atomic E-state index is -0.329. The summed E-state index contributed by atoms with van der Waals surface area (Å²) in [7, 11) is 2.18. The maximum atomic E-state index is 7.11. The Balaban J connectivity index is 0.722. The van der Waals surface area contributed by atoms with E-state index in [9.17, 15) is 0 Å². The molecule has 1 heterocycles. The van der Waals surface area contributed by atoms with Gasteiger partial charge in [0, 0.05) is 56.6 Å². The van der Waals surface area contributed by atoms with Gasteiger partial charge in [0.2, 0.25) is 0 Å². The van der Waals surface area contributed by atoms with Crippen LogP contribution in [-0.4, -0.2) is 7.05 Å². The van der Waals surface area contributed by atoms with Crippen molar-refractivity contribution in [2.24, 2.45) is 0 Å². The molecule has 0 radical (unpaired) electrons. The van der Waals surface area contributed by atoms with Crippen LogP contribution in [-0.2, 0) is 16.2 Å². The summed E-state index contributed by atoms with van der Waals surface area (Å²) in [4.78, 5) is 2.32. The van der Waals surface area contributed by atoms with Crippen LogP contribution >= 0.6 is 0 Å². The van der Waals surface area contributed by atoms with E-state index in [0.29, 0.717) is 0 Å². The summed E-state index contributed by atoms with van der Waals surface area (Å²) in [5.41, 5.74) is 36.1. The molecule has 0 N–H and O–H groups in total. The highest BCUT2D eigenvalue weighted by atomic mass is 16.3. The highest BCUT2D eigenvalue weighted by molar-refractivity contribution is 6.21. The third kappa shape index (κ3) is 8.37. The highest BCUT2D eigenvalue weighted by Gasteiger charge is 2.49. The van der Waals surface area contributed by atoms with E-state index in [1.54, 1.807) is 0 Å². The second kappa shape index (κ2) is 20.1. The Morgan fingerprint density at radius 1 is 0.371 bits per heavy atom. The second-order valence-electron chi connectivity index (χ2n) is 26.5. The molecule has 428 valence electrons. The Kier molecular flexibility index (Phi) is 12.2. The van der Waals surface area contributed by atoms with Crippen LogP contribution in [0.1, 0.15) is 87.4 Å².